The number of benzene rings is 1. The third kappa shape index (κ3) is 5.40. The molecular formula is C28H29FN6O3. The summed E-state index contributed by atoms with van der Waals surface area (Å²) in [5.41, 5.74) is 7.49. The van der Waals surface area contributed by atoms with Crippen molar-refractivity contribution in [2.45, 2.75) is 33.2 Å². The van der Waals surface area contributed by atoms with Crippen molar-refractivity contribution >= 4 is 22.6 Å². The number of rotatable bonds is 4. The monoisotopic (exact) mass is 516 g/mol. The van der Waals surface area contributed by atoms with Gasteiger partial charge in [0.15, 0.2) is 5.83 Å². The summed E-state index contributed by atoms with van der Waals surface area (Å²) < 4.78 is 26.9. The molecule has 0 bridgehead atoms. The van der Waals surface area contributed by atoms with Crippen LogP contribution in [0.25, 0.3) is 10.9 Å². The molecule has 10 heteroatoms. The fourth-order valence-electron chi connectivity index (χ4n) is 4.36. The minimum Gasteiger partial charge on any atom is -0.497 e. The van der Waals surface area contributed by atoms with Gasteiger partial charge in [-0.3, -0.25) is 9.48 Å². The fraction of sp³-hybridized carbons (Fsp3) is 0.357. The second-order valence-corrected chi connectivity index (χ2v) is 10.1. The van der Waals surface area contributed by atoms with Crippen LogP contribution in [-0.4, -0.2) is 52.9 Å². The van der Waals surface area contributed by atoms with Gasteiger partial charge in [-0.05, 0) is 36.0 Å². The summed E-state index contributed by atoms with van der Waals surface area (Å²) in [7, 11) is 3.11. The Labute approximate surface area is 220 Å². The van der Waals surface area contributed by atoms with Crippen LogP contribution in [0, 0.1) is 28.6 Å². The van der Waals surface area contributed by atoms with Crippen LogP contribution in [0.4, 0.5) is 10.2 Å². The van der Waals surface area contributed by atoms with E-state index in [-0.39, 0.29) is 24.0 Å². The largest absolute Gasteiger partial charge is 0.497 e. The summed E-state index contributed by atoms with van der Waals surface area (Å²) in [4.78, 5) is 18.4. The average Bonchev–Trinajstić information content (AvgIpc) is 3.52. The summed E-state index contributed by atoms with van der Waals surface area (Å²) in [6.45, 7) is 6.06. The molecule has 3 heterocycles. The summed E-state index contributed by atoms with van der Waals surface area (Å²) in [5, 5.41) is 14.9. The number of nitrogens with zero attached hydrogens (tertiary/aromatic N) is 5. The molecule has 1 atom stereocenters. The molecule has 0 unspecified atom stereocenters. The van der Waals surface area contributed by atoms with E-state index in [9.17, 15) is 14.4 Å². The Balaban J connectivity index is 1.75. The van der Waals surface area contributed by atoms with Crippen molar-refractivity contribution in [3.63, 3.8) is 0 Å². The van der Waals surface area contributed by atoms with Gasteiger partial charge in [-0.1, -0.05) is 26.7 Å². The molecular weight excluding hydrogens is 487 g/mol. The van der Waals surface area contributed by atoms with Gasteiger partial charge >= 0.3 is 0 Å². The molecule has 2 N–H and O–H groups in total. The van der Waals surface area contributed by atoms with E-state index < -0.39 is 17.1 Å². The molecule has 0 saturated carbocycles. The number of ether oxygens (including phenoxy) is 2. The number of nitrogens with two attached hydrogens (primary N) is 1. The second kappa shape index (κ2) is 10.4. The number of carbonyl (C=O) groups excluding carboxylic acids is 1. The van der Waals surface area contributed by atoms with Crippen molar-refractivity contribution in [3.05, 3.63) is 53.1 Å². The zero-order chi connectivity index (χ0) is 27.6. The number of carbonyl (C=O) groups is 1. The summed E-state index contributed by atoms with van der Waals surface area (Å²) in [6, 6.07) is 7.11. The topological polar surface area (TPSA) is 119 Å². The Morgan fingerprint density at radius 1 is 1.21 bits per heavy atom. The highest BCUT2D eigenvalue weighted by Crippen LogP contribution is 2.32. The third-order valence-corrected chi connectivity index (χ3v) is 6.11. The van der Waals surface area contributed by atoms with Crippen LogP contribution in [-0.2, 0) is 4.79 Å². The molecule has 38 heavy (non-hydrogen) atoms. The third-order valence-electron chi connectivity index (χ3n) is 6.11. The smallest absolute Gasteiger partial charge is 0.282 e. The Morgan fingerprint density at radius 2 is 1.89 bits per heavy atom. The number of nitrogen functional groups attached to an aromatic ring is 1. The Bertz CT molecular complexity index is 1510. The van der Waals surface area contributed by atoms with Crippen molar-refractivity contribution in [2.24, 2.45) is 5.41 Å². The van der Waals surface area contributed by atoms with Crippen LogP contribution in [0.2, 0.25) is 0 Å². The molecule has 0 aliphatic carbocycles. The minimum absolute atomic E-state index is 0.183. The van der Waals surface area contributed by atoms with E-state index >= 15 is 0 Å². The molecule has 1 amide bonds. The van der Waals surface area contributed by atoms with Crippen molar-refractivity contribution in [1.82, 2.24) is 19.7 Å². The van der Waals surface area contributed by atoms with E-state index in [1.807, 2.05) is 20.8 Å². The van der Waals surface area contributed by atoms with E-state index in [1.54, 1.807) is 37.1 Å². The van der Waals surface area contributed by atoms with Gasteiger partial charge in [-0.25, -0.2) is 9.37 Å². The van der Waals surface area contributed by atoms with Gasteiger partial charge in [0.1, 0.15) is 29.1 Å². The number of allylic oxidation sites excluding steroid dienone is 1. The van der Waals surface area contributed by atoms with Gasteiger partial charge in [-0.2, -0.15) is 10.4 Å². The predicted molar refractivity (Wildman–Crippen MR) is 141 cm³/mol. The lowest BCUT2D eigenvalue weighted by atomic mass is 9.96. The standard InChI is InChI=1S/C28H29FN6O3/c1-28(2,3)13-22(29)27(36)34-9-8-19(16-34)35-25-18(14-30)15-32-26(31)24(25)23(33-35)7-6-17-10-20(37-4)12-21(11-17)38-5/h10-13,15,19H,8-9,16H2,1-5H3,(H2,31,32)/b22-13-/t19-/m0/s1. The zero-order valence-electron chi connectivity index (χ0n) is 22.0. The number of hydrogen-bond donors (Lipinski definition) is 1. The fourth-order valence-corrected chi connectivity index (χ4v) is 4.36. The molecule has 1 aromatic carbocycles. The highest BCUT2D eigenvalue weighted by atomic mass is 19.1. The van der Waals surface area contributed by atoms with E-state index in [1.165, 1.54) is 17.2 Å². The lowest BCUT2D eigenvalue weighted by molar-refractivity contribution is -0.127. The van der Waals surface area contributed by atoms with Crippen LogP contribution < -0.4 is 15.2 Å². The lowest BCUT2D eigenvalue weighted by Gasteiger charge is -2.18. The summed E-state index contributed by atoms with van der Waals surface area (Å²) >= 11 is 0. The Hall–Kier alpha value is -4.57. The number of likely N-dealkylation sites (tertiary alicyclic amines) is 1. The Kier molecular flexibility index (Phi) is 7.27. The first kappa shape index (κ1) is 26.5. The van der Waals surface area contributed by atoms with Gasteiger partial charge in [0.25, 0.3) is 5.91 Å². The van der Waals surface area contributed by atoms with Crippen LogP contribution in [0.3, 0.4) is 0 Å². The van der Waals surface area contributed by atoms with Crippen molar-refractivity contribution < 1.29 is 18.7 Å². The van der Waals surface area contributed by atoms with Gasteiger partial charge in [0.2, 0.25) is 0 Å². The highest BCUT2D eigenvalue weighted by Gasteiger charge is 2.32. The number of pyridine rings is 1. The van der Waals surface area contributed by atoms with E-state index in [0.29, 0.717) is 46.6 Å². The molecule has 3 aromatic rings. The number of aromatic nitrogens is 3. The minimum atomic E-state index is -0.782. The first-order chi connectivity index (χ1) is 18.0. The SMILES string of the molecule is COc1cc(C#Cc2nn([C@H]3CCN(C(=O)/C(F)=C/C(C)(C)C)C3)c3c(C#N)cnc(N)c23)cc(OC)c1. The number of halogens is 1. The van der Waals surface area contributed by atoms with Gasteiger partial charge in [-0.15, -0.1) is 0 Å². The molecule has 1 fully saturated rings. The normalized spacial score (nSPS) is 15.7. The van der Waals surface area contributed by atoms with Gasteiger partial charge in [0, 0.05) is 30.9 Å². The van der Waals surface area contributed by atoms with Crippen LogP contribution in [0.15, 0.2) is 36.3 Å². The first-order valence-electron chi connectivity index (χ1n) is 12.0. The van der Waals surface area contributed by atoms with Crippen LogP contribution in [0.5, 0.6) is 11.5 Å². The predicted octanol–water partition coefficient (Wildman–Crippen LogP) is 3.98. The molecule has 1 aliphatic heterocycles. The van der Waals surface area contributed by atoms with Gasteiger partial charge < -0.3 is 20.1 Å². The molecule has 1 saturated heterocycles. The number of methoxy groups -OCH3 is 2. The summed E-state index contributed by atoms with van der Waals surface area (Å²) in [5.74, 6) is 6.02. The van der Waals surface area contributed by atoms with Crippen LogP contribution >= 0.6 is 0 Å². The molecule has 196 valence electrons. The number of nitriles is 1. The van der Waals surface area contributed by atoms with Crippen molar-refractivity contribution in [2.75, 3.05) is 33.0 Å². The Morgan fingerprint density at radius 3 is 2.50 bits per heavy atom. The van der Waals surface area contributed by atoms with Crippen molar-refractivity contribution in [1.29, 1.82) is 5.26 Å². The maximum Gasteiger partial charge on any atom is 0.282 e. The number of amides is 1. The first-order valence-corrected chi connectivity index (χ1v) is 12.0. The maximum atomic E-state index is 14.6. The second-order valence-electron chi connectivity index (χ2n) is 10.1. The molecule has 2 aromatic heterocycles. The molecule has 0 spiro atoms. The van der Waals surface area contributed by atoms with E-state index in [2.05, 4.69) is 22.9 Å². The lowest BCUT2D eigenvalue weighted by Crippen LogP contribution is -2.30. The zero-order valence-corrected chi connectivity index (χ0v) is 22.0. The van der Waals surface area contributed by atoms with Crippen LogP contribution in [0.1, 0.15) is 50.1 Å². The average molecular weight is 517 g/mol. The number of anilines is 1. The molecule has 4 rings (SSSR count). The van der Waals surface area contributed by atoms with Gasteiger partial charge in [0.05, 0.1) is 36.7 Å². The van der Waals surface area contributed by atoms with E-state index in [0.717, 1.165) is 0 Å². The summed E-state index contributed by atoms with van der Waals surface area (Å²) in [6.07, 6.45) is 3.25. The maximum absolute atomic E-state index is 14.6. The number of fused-ring (bicyclic) bond motifs is 1. The molecule has 0 radical (unpaired) electrons. The quantitative estimate of drug-likeness (QED) is 0.412. The molecule has 1 aliphatic rings. The number of hydrogen-bond acceptors (Lipinski definition) is 7. The van der Waals surface area contributed by atoms with Crippen molar-refractivity contribution in [3.8, 4) is 29.4 Å². The van der Waals surface area contributed by atoms with E-state index in [4.69, 9.17) is 20.3 Å². The molecule has 9 nitrogen and oxygen atoms in total. The highest BCUT2D eigenvalue weighted by molar-refractivity contribution is 5.96.